The second-order valence-electron chi connectivity index (χ2n) is 3.95. The Kier molecular flexibility index (Phi) is 2.14. The van der Waals surface area contributed by atoms with Crippen molar-refractivity contribution in [1.29, 1.82) is 0 Å². The number of nitrogens with one attached hydrogen (secondary N) is 1. The van der Waals surface area contributed by atoms with E-state index < -0.39 is 0 Å². The largest absolute Gasteiger partial charge is 0.392 e. The first-order valence-electron chi connectivity index (χ1n) is 4.78. The first kappa shape index (κ1) is 7.56. The maximum atomic E-state index is 9.39. The summed E-state index contributed by atoms with van der Waals surface area (Å²) >= 11 is 0. The van der Waals surface area contributed by atoms with Crippen molar-refractivity contribution in [1.82, 2.24) is 5.32 Å². The molecule has 0 radical (unpaired) electrons. The van der Waals surface area contributed by atoms with E-state index in [1.807, 2.05) is 0 Å². The zero-order valence-corrected chi connectivity index (χ0v) is 6.92. The molecule has 0 unspecified atom stereocenters. The summed E-state index contributed by atoms with van der Waals surface area (Å²) in [5.41, 5.74) is 0. The molecule has 1 saturated heterocycles. The third-order valence-electron chi connectivity index (χ3n) is 3.10. The minimum atomic E-state index is -0.0747. The van der Waals surface area contributed by atoms with Gasteiger partial charge in [-0.1, -0.05) is 12.8 Å². The molecule has 2 N–H and O–H groups in total. The van der Waals surface area contributed by atoms with Crippen molar-refractivity contribution in [2.45, 2.75) is 44.2 Å². The maximum Gasteiger partial charge on any atom is 0.0667 e. The molecule has 2 heteroatoms. The third-order valence-corrected chi connectivity index (χ3v) is 3.10. The monoisotopic (exact) mass is 155 g/mol. The normalized spacial score (nSPS) is 45.0. The van der Waals surface area contributed by atoms with E-state index in [2.05, 4.69) is 5.32 Å². The van der Waals surface area contributed by atoms with Gasteiger partial charge in [0.25, 0.3) is 0 Å². The van der Waals surface area contributed by atoms with Gasteiger partial charge in [-0.2, -0.15) is 0 Å². The topological polar surface area (TPSA) is 32.3 Å². The molecule has 1 aliphatic heterocycles. The highest BCUT2D eigenvalue weighted by Crippen LogP contribution is 2.30. The third kappa shape index (κ3) is 1.57. The van der Waals surface area contributed by atoms with Crippen LogP contribution in [0.25, 0.3) is 0 Å². The van der Waals surface area contributed by atoms with Crippen LogP contribution in [0.15, 0.2) is 0 Å². The minimum Gasteiger partial charge on any atom is -0.392 e. The Bertz CT molecular complexity index is 138. The number of rotatable bonds is 0. The Morgan fingerprint density at radius 3 is 2.91 bits per heavy atom. The molecule has 0 aromatic heterocycles. The fourth-order valence-corrected chi connectivity index (χ4v) is 2.48. The summed E-state index contributed by atoms with van der Waals surface area (Å²) in [7, 11) is 0. The number of aliphatic hydroxyl groups excluding tert-OH is 1. The molecule has 2 aliphatic rings. The fourth-order valence-electron chi connectivity index (χ4n) is 2.48. The number of fused-ring (bicyclic) bond motifs is 1. The van der Waals surface area contributed by atoms with Gasteiger partial charge in [0.1, 0.15) is 0 Å². The summed E-state index contributed by atoms with van der Waals surface area (Å²) in [6.07, 6.45) is 6.37. The van der Waals surface area contributed by atoms with Crippen LogP contribution in [-0.4, -0.2) is 23.8 Å². The number of hydrogen-bond donors (Lipinski definition) is 2. The molecule has 0 amide bonds. The van der Waals surface area contributed by atoms with E-state index in [-0.39, 0.29) is 6.10 Å². The van der Waals surface area contributed by atoms with E-state index in [1.165, 1.54) is 25.7 Å². The van der Waals surface area contributed by atoms with E-state index in [0.717, 1.165) is 24.9 Å². The van der Waals surface area contributed by atoms with E-state index in [1.54, 1.807) is 0 Å². The molecule has 0 aromatic carbocycles. The molecule has 1 heterocycles. The first-order valence-corrected chi connectivity index (χ1v) is 4.78. The van der Waals surface area contributed by atoms with Crippen LogP contribution in [-0.2, 0) is 0 Å². The van der Waals surface area contributed by atoms with Gasteiger partial charge < -0.3 is 10.4 Å². The molecule has 1 aliphatic carbocycles. The molecular weight excluding hydrogens is 138 g/mol. The van der Waals surface area contributed by atoms with Crippen molar-refractivity contribution >= 4 is 0 Å². The summed E-state index contributed by atoms with van der Waals surface area (Å²) < 4.78 is 0. The molecule has 0 spiro atoms. The Balaban J connectivity index is 1.93. The van der Waals surface area contributed by atoms with Crippen LogP contribution >= 0.6 is 0 Å². The Hall–Kier alpha value is -0.0800. The zero-order valence-electron chi connectivity index (χ0n) is 6.92. The first-order chi connectivity index (χ1) is 5.36. The Labute approximate surface area is 68.0 Å². The molecular formula is C9H17NO. The van der Waals surface area contributed by atoms with Crippen molar-refractivity contribution in [3.63, 3.8) is 0 Å². The molecule has 0 aromatic rings. The van der Waals surface area contributed by atoms with Crippen LogP contribution in [0.3, 0.4) is 0 Å². The van der Waals surface area contributed by atoms with Gasteiger partial charge in [-0.15, -0.1) is 0 Å². The Morgan fingerprint density at radius 1 is 1.18 bits per heavy atom. The second-order valence-corrected chi connectivity index (χ2v) is 3.95. The molecule has 2 rings (SSSR count). The summed E-state index contributed by atoms with van der Waals surface area (Å²) in [6.45, 7) is 0.821. The van der Waals surface area contributed by atoms with Crippen LogP contribution < -0.4 is 5.32 Å². The standard InChI is InChI=1S/C9H17NO/c11-8-5-7-3-1-2-4-9(7)10-6-8/h7-11H,1-6H2/t7-,8+,9-/m1/s1. The smallest absolute Gasteiger partial charge is 0.0667 e. The lowest BCUT2D eigenvalue weighted by atomic mass is 9.79. The zero-order chi connectivity index (χ0) is 7.68. The van der Waals surface area contributed by atoms with Gasteiger partial charge in [0.15, 0.2) is 0 Å². The van der Waals surface area contributed by atoms with E-state index in [9.17, 15) is 5.11 Å². The van der Waals surface area contributed by atoms with Crippen LogP contribution in [0, 0.1) is 5.92 Å². The fraction of sp³-hybridized carbons (Fsp3) is 1.00. The molecule has 0 bridgehead atoms. The number of β-amino-alcohol motifs (C(OH)–C–C–N with tert-alkyl or cyclic N) is 1. The highest BCUT2D eigenvalue weighted by molar-refractivity contribution is 4.87. The molecule has 2 fully saturated rings. The minimum absolute atomic E-state index is 0.0747. The Morgan fingerprint density at radius 2 is 2.00 bits per heavy atom. The van der Waals surface area contributed by atoms with Gasteiger partial charge in [0, 0.05) is 12.6 Å². The predicted octanol–water partition coefficient (Wildman–Crippen LogP) is 0.899. The van der Waals surface area contributed by atoms with Gasteiger partial charge in [0.2, 0.25) is 0 Å². The summed E-state index contributed by atoms with van der Waals surface area (Å²) in [5, 5.41) is 12.8. The van der Waals surface area contributed by atoms with Gasteiger partial charge >= 0.3 is 0 Å². The molecule has 11 heavy (non-hydrogen) atoms. The van der Waals surface area contributed by atoms with E-state index in [4.69, 9.17) is 0 Å². The molecule has 3 atom stereocenters. The molecule has 2 nitrogen and oxygen atoms in total. The number of hydrogen-bond acceptors (Lipinski definition) is 2. The van der Waals surface area contributed by atoms with Gasteiger partial charge in [-0.25, -0.2) is 0 Å². The van der Waals surface area contributed by atoms with E-state index >= 15 is 0 Å². The van der Waals surface area contributed by atoms with Crippen LogP contribution in [0.5, 0.6) is 0 Å². The number of aliphatic hydroxyl groups is 1. The maximum absolute atomic E-state index is 9.39. The van der Waals surface area contributed by atoms with Gasteiger partial charge in [-0.3, -0.25) is 0 Å². The average molecular weight is 155 g/mol. The van der Waals surface area contributed by atoms with Gasteiger partial charge in [-0.05, 0) is 25.2 Å². The highest BCUT2D eigenvalue weighted by Gasteiger charge is 2.30. The average Bonchev–Trinajstić information content (AvgIpc) is 2.04. The van der Waals surface area contributed by atoms with Crippen LogP contribution in [0.2, 0.25) is 0 Å². The van der Waals surface area contributed by atoms with Crippen molar-refractivity contribution in [2.24, 2.45) is 5.92 Å². The number of piperidine rings is 1. The summed E-state index contributed by atoms with van der Waals surface area (Å²) in [5.74, 6) is 0.771. The van der Waals surface area contributed by atoms with E-state index in [0.29, 0.717) is 0 Å². The SMILES string of the molecule is O[C@@H]1CN[C@@H]2CCCC[C@@H]2C1. The highest BCUT2D eigenvalue weighted by atomic mass is 16.3. The quantitative estimate of drug-likeness (QED) is 0.544. The summed E-state index contributed by atoms with van der Waals surface area (Å²) in [6, 6.07) is 0.729. The molecule has 64 valence electrons. The van der Waals surface area contributed by atoms with Crippen molar-refractivity contribution in [2.75, 3.05) is 6.54 Å². The van der Waals surface area contributed by atoms with Crippen molar-refractivity contribution in [3.8, 4) is 0 Å². The summed E-state index contributed by atoms with van der Waals surface area (Å²) in [4.78, 5) is 0. The van der Waals surface area contributed by atoms with Gasteiger partial charge in [0.05, 0.1) is 6.10 Å². The predicted molar refractivity (Wildman–Crippen MR) is 44.4 cm³/mol. The van der Waals surface area contributed by atoms with Crippen LogP contribution in [0.4, 0.5) is 0 Å². The van der Waals surface area contributed by atoms with Crippen molar-refractivity contribution in [3.05, 3.63) is 0 Å². The lowest BCUT2D eigenvalue weighted by molar-refractivity contribution is 0.0728. The second kappa shape index (κ2) is 3.11. The molecule has 1 saturated carbocycles. The lowest BCUT2D eigenvalue weighted by Gasteiger charge is -2.38. The van der Waals surface area contributed by atoms with Crippen molar-refractivity contribution < 1.29 is 5.11 Å². The van der Waals surface area contributed by atoms with Crippen LogP contribution in [0.1, 0.15) is 32.1 Å². The lowest BCUT2D eigenvalue weighted by Crippen LogP contribution is -2.48.